The Hall–Kier alpha value is -1.99. The first-order chi connectivity index (χ1) is 9.29. The average molecular weight is 290 g/mol. The average Bonchev–Trinajstić information content (AvgIpc) is 3.10. The van der Waals surface area contributed by atoms with Crippen molar-refractivity contribution in [2.45, 2.75) is 0 Å². The van der Waals surface area contributed by atoms with Gasteiger partial charge >= 0.3 is 0 Å². The van der Waals surface area contributed by atoms with Crippen molar-refractivity contribution < 1.29 is 4.79 Å². The van der Waals surface area contributed by atoms with Crippen LogP contribution in [0.1, 0.15) is 9.67 Å². The van der Waals surface area contributed by atoms with Gasteiger partial charge in [-0.15, -0.1) is 11.3 Å². The van der Waals surface area contributed by atoms with E-state index in [4.69, 9.17) is 0 Å². The van der Waals surface area contributed by atoms with Gasteiger partial charge in [0.25, 0.3) is 5.91 Å². The summed E-state index contributed by atoms with van der Waals surface area (Å²) >= 11 is 2.54. The third-order valence-electron chi connectivity index (χ3n) is 2.68. The number of nitrogens with zero attached hydrogens (tertiary/aromatic N) is 2. The lowest BCUT2D eigenvalue weighted by molar-refractivity contribution is 0.103. The molecule has 3 rings (SSSR count). The lowest BCUT2D eigenvalue weighted by Crippen LogP contribution is -2.12. The van der Waals surface area contributed by atoms with Crippen molar-refractivity contribution in [3.05, 3.63) is 34.5 Å². The Morgan fingerprint density at radius 2 is 2.16 bits per heavy atom. The molecule has 96 valence electrons. The maximum atomic E-state index is 12.1. The molecule has 19 heavy (non-hydrogen) atoms. The topological polar surface area (TPSA) is 66.9 Å². The van der Waals surface area contributed by atoms with Crippen molar-refractivity contribution in [2.24, 2.45) is 0 Å². The van der Waals surface area contributed by atoms with E-state index >= 15 is 0 Å². The van der Waals surface area contributed by atoms with Crippen molar-refractivity contribution >= 4 is 51.4 Å². The minimum Gasteiger partial charge on any atom is -0.386 e. The minimum absolute atomic E-state index is 0.132. The van der Waals surface area contributed by atoms with Crippen molar-refractivity contribution in [1.29, 1.82) is 0 Å². The molecule has 0 saturated heterocycles. The highest BCUT2D eigenvalue weighted by Gasteiger charge is 2.14. The number of carbonyl (C=O) groups is 1. The molecular formula is C12H10N4OS2. The molecule has 2 N–H and O–H groups in total. The van der Waals surface area contributed by atoms with Crippen molar-refractivity contribution in [1.82, 2.24) is 8.75 Å². The third kappa shape index (κ3) is 2.18. The van der Waals surface area contributed by atoms with Crippen LogP contribution in [0.2, 0.25) is 0 Å². The summed E-state index contributed by atoms with van der Waals surface area (Å²) in [6, 6.07) is 7.40. The minimum atomic E-state index is -0.132. The number of thiophene rings is 1. The van der Waals surface area contributed by atoms with Crippen LogP contribution in [0.3, 0.4) is 0 Å². The van der Waals surface area contributed by atoms with Crippen LogP contribution >= 0.6 is 23.1 Å². The Morgan fingerprint density at radius 1 is 1.26 bits per heavy atom. The summed E-state index contributed by atoms with van der Waals surface area (Å²) in [6.07, 6.45) is 0. The normalized spacial score (nSPS) is 10.6. The van der Waals surface area contributed by atoms with E-state index in [0.29, 0.717) is 16.1 Å². The smallest absolute Gasteiger partial charge is 0.265 e. The zero-order valence-corrected chi connectivity index (χ0v) is 11.6. The maximum absolute atomic E-state index is 12.1. The van der Waals surface area contributed by atoms with E-state index in [-0.39, 0.29) is 5.91 Å². The number of hydrogen-bond acceptors (Lipinski definition) is 6. The highest BCUT2D eigenvalue weighted by molar-refractivity contribution is 7.12. The van der Waals surface area contributed by atoms with Gasteiger partial charge in [0.15, 0.2) is 0 Å². The van der Waals surface area contributed by atoms with Crippen LogP contribution in [0.25, 0.3) is 11.0 Å². The Kier molecular flexibility index (Phi) is 3.14. The summed E-state index contributed by atoms with van der Waals surface area (Å²) < 4.78 is 8.42. The molecule has 0 saturated carbocycles. The van der Waals surface area contributed by atoms with Crippen molar-refractivity contribution in [2.75, 3.05) is 17.7 Å². The number of anilines is 2. The van der Waals surface area contributed by atoms with E-state index in [2.05, 4.69) is 19.4 Å². The van der Waals surface area contributed by atoms with Crippen LogP contribution < -0.4 is 10.6 Å². The number of nitrogens with one attached hydrogen (secondary N) is 2. The van der Waals surface area contributed by atoms with Gasteiger partial charge in [0.1, 0.15) is 11.0 Å². The molecule has 2 aromatic heterocycles. The van der Waals surface area contributed by atoms with Crippen LogP contribution in [-0.4, -0.2) is 21.7 Å². The van der Waals surface area contributed by atoms with E-state index in [1.807, 2.05) is 30.6 Å². The second-order valence-electron chi connectivity index (χ2n) is 3.80. The summed E-state index contributed by atoms with van der Waals surface area (Å²) in [5.41, 5.74) is 2.99. The molecule has 1 aromatic carbocycles. The zero-order chi connectivity index (χ0) is 13.2. The van der Waals surface area contributed by atoms with Gasteiger partial charge in [-0.2, -0.15) is 8.75 Å². The highest BCUT2D eigenvalue weighted by Crippen LogP contribution is 2.30. The van der Waals surface area contributed by atoms with Crippen LogP contribution in [0.5, 0.6) is 0 Å². The Bertz CT molecular complexity index is 720. The SMILES string of the molecule is CNc1ccc2nsnc2c1NC(=O)c1cccs1. The highest BCUT2D eigenvalue weighted by atomic mass is 32.1. The largest absolute Gasteiger partial charge is 0.386 e. The van der Waals surface area contributed by atoms with E-state index in [1.165, 1.54) is 11.3 Å². The van der Waals surface area contributed by atoms with E-state index < -0.39 is 0 Å². The molecule has 0 aliphatic heterocycles. The van der Waals surface area contributed by atoms with E-state index in [1.54, 1.807) is 6.07 Å². The molecule has 3 aromatic rings. The first-order valence-corrected chi connectivity index (χ1v) is 7.18. The second kappa shape index (κ2) is 4.94. The third-order valence-corrected chi connectivity index (χ3v) is 4.09. The molecule has 0 bridgehead atoms. The molecule has 0 radical (unpaired) electrons. The Labute approximate surface area is 117 Å². The number of benzene rings is 1. The Morgan fingerprint density at radius 3 is 2.89 bits per heavy atom. The lowest BCUT2D eigenvalue weighted by Gasteiger charge is -2.10. The van der Waals surface area contributed by atoms with Gasteiger partial charge in [0.05, 0.1) is 28.0 Å². The number of rotatable bonds is 3. The molecule has 1 amide bonds. The second-order valence-corrected chi connectivity index (χ2v) is 5.28. The molecule has 0 aliphatic carbocycles. The fraction of sp³-hybridized carbons (Fsp3) is 0.0833. The predicted molar refractivity (Wildman–Crippen MR) is 79.2 cm³/mol. The van der Waals surface area contributed by atoms with Crippen LogP contribution in [0.4, 0.5) is 11.4 Å². The molecule has 5 nitrogen and oxygen atoms in total. The van der Waals surface area contributed by atoms with Gasteiger partial charge in [-0.05, 0) is 23.6 Å². The molecule has 0 atom stereocenters. The van der Waals surface area contributed by atoms with Crippen LogP contribution in [-0.2, 0) is 0 Å². The quantitative estimate of drug-likeness (QED) is 0.778. The zero-order valence-electron chi connectivity index (χ0n) is 10.0. The Balaban J connectivity index is 2.03. The monoisotopic (exact) mass is 290 g/mol. The molecule has 0 fully saturated rings. The molecule has 2 heterocycles. The van der Waals surface area contributed by atoms with Crippen molar-refractivity contribution in [3.63, 3.8) is 0 Å². The van der Waals surface area contributed by atoms with Gasteiger partial charge in [-0.3, -0.25) is 4.79 Å². The predicted octanol–water partition coefficient (Wildman–Crippen LogP) is 3.05. The van der Waals surface area contributed by atoms with Crippen LogP contribution in [0, 0.1) is 0 Å². The van der Waals surface area contributed by atoms with Crippen LogP contribution in [0.15, 0.2) is 29.6 Å². The summed E-state index contributed by atoms with van der Waals surface area (Å²) in [4.78, 5) is 12.8. The van der Waals surface area contributed by atoms with Gasteiger partial charge in [0, 0.05) is 7.05 Å². The molecule has 7 heteroatoms. The first kappa shape index (κ1) is 12.1. The molecule has 0 spiro atoms. The standard InChI is InChI=1S/C12H10N4OS2/c1-13-7-4-5-8-11(16-19-15-8)10(7)14-12(17)9-3-2-6-18-9/h2-6,13H,1H3,(H,14,17). The fourth-order valence-corrected chi connectivity index (χ4v) is 2.93. The molecular weight excluding hydrogens is 280 g/mol. The van der Waals surface area contributed by atoms with E-state index in [0.717, 1.165) is 22.9 Å². The summed E-state index contributed by atoms with van der Waals surface area (Å²) in [5.74, 6) is -0.132. The van der Waals surface area contributed by atoms with Gasteiger partial charge < -0.3 is 10.6 Å². The van der Waals surface area contributed by atoms with E-state index in [9.17, 15) is 4.79 Å². The first-order valence-electron chi connectivity index (χ1n) is 5.57. The van der Waals surface area contributed by atoms with Gasteiger partial charge in [-0.25, -0.2) is 0 Å². The number of hydrogen-bond donors (Lipinski definition) is 2. The summed E-state index contributed by atoms with van der Waals surface area (Å²) in [7, 11) is 1.81. The number of carbonyl (C=O) groups excluding carboxylic acids is 1. The van der Waals surface area contributed by atoms with Gasteiger partial charge in [-0.1, -0.05) is 6.07 Å². The summed E-state index contributed by atoms with van der Waals surface area (Å²) in [5, 5.41) is 7.83. The number of aromatic nitrogens is 2. The lowest BCUT2D eigenvalue weighted by atomic mass is 10.2. The fourth-order valence-electron chi connectivity index (χ4n) is 1.77. The molecule has 0 aliphatic rings. The van der Waals surface area contributed by atoms with Crippen molar-refractivity contribution in [3.8, 4) is 0 Å². The number of amides is 1. The molecule has 0 unspecified atom stereocenters. The summed E-state index contributed by atoms with van der Waals surface area (Å²) in [6.45, 7) is 0. The van der Waals surface area contributed by atoms with Gasteiger partial charge in [0.2, 0.25) is 0 Å². The maximum Gasteiger partial charge on any atom is 0.265 e. The number of fused-ring (bicyclic) bond motifs is 1.